The van der Waals surface area contributed by atoms with Crippen molar-refractivity contribution in [3.63, 3.8) is 0 Å². The van der Waals surface area contributed by atoms with E-state index in [2.05, 4.69) is 50.8 Å². The maximum atomic E-state index is 2.71. The molecule has 0 spiro atoms. The predicted octanol–water partition coefficient (Wildman–Crippen LogP) is 11.0. The summed E-state index contributed by atoms with van der Waals surface area (Å²) in [5.41, 5.74) is 4.40. The summed E-state index contributed by atoms with van der Waals surface area (Å²) in [6.45, 7) is 11.7. The molecule has 1 aromatic rings. The van der Waals surface area contributed by atoms with Crippen LogP contribution in [-0.2, 0) is 0 Å². The molecule has 1 rings (SSSR count). The molecule has 0 atom stereocenters. The lowest BCUT2D eigenvalue weighted by molar-refractivity contribution is 0.543. The molecule has 0 saturated carbocycles. The number of hydrogen-bond donors (Lipinski definition) is 0. The van der Waals surface area contributed by atoms with Crippen LogP contribution in [0, 0.1) is 13.8 Å². The molecule has 0 aliphatic heterocycles. The fraction of sp³-hybridized carbons (Fsp3) is 0.812. The number of rotatable bonds is 23. The fourth-order valence-electron chi connectivity index (χ4n) is 5.01. The molecule has 0 aromatic heterocycles. The largest absolute Gasteiger partial charge is 0.371 e. The van der Waals surface area contributed by atoms with Crippen LogP contribution in [0.5, 0.6) is 0 Å². The van der Waals surface area contributed by atoms with E-state index in [4.69, 9.17) is 0 Å². The third-order valence-electron chi connectivity index (χ3n) is 7.48. The lowest BCUT2D eigenvalue weighted by atomic mass is 10.0. The first-order chi connectivity index (χ1) is 16.2. The van der Waals surface area contributed by atoms with Crippen molar-refractivity contribution < 1.29 is 0 Å². The quantitative estimate of drug-likeness (QED) is 0.148. The molecule has 0 N–H and O–H groups in total. The highest BCUT2D eigenvalue weighted by atomic mass is 15.1. The molecule has 0 unspecified atom stereocenters. The highest BCUT2D eigenvalue weighted by Crippen LogP contribution is 2.24. The number of nitrogens with zero attached hydrogens (tertiary/aromatic N) is 1. The minimum Gasteiger partial charge on any atom is -0.371 e. The molecule has 0 amide bonds. The number of hydrogen-bond acceptors (Lipinski definition) is 1. The Morgan fingerprint density at radius 3 is 1.24 bits per heavy atom. The van der Waals surface area contributed by atoms with E-state index < -0.39 is 0 Å². The SMILES string of the molecule is CCCCCCCCCCCCN(CCCCCCCCCCCC)c1cccc(C)c1C. The molecule has 1 nitrogen and oxygen atoms in total. The standard InChI is InChI=1S/C32H59N/c1-5-7-9-11-13-15-17-19-21-23-28-33(32-27-25-26-30(3)31(32)4)29-24-22-20-18-16-14-12-10-8-6-2/h25-27H,5-24,28-29H2,1-4H3. The van der Waals surface area contributed by atoms with Crippen LogP contribution in [0.15, 0.2) is 18.2 Å². The van der Waals surface area contributed by atoms with E-state index in [0.29, 0.717) is 0 Å². The summed E-state index contributed by atoms with van der Waals surface area (Å²) in [5.74, 6) is 0. The van der Waals surface area contributed by atoms with Gasteiger partial charge in [0.1, 0.15) is 0 Å². The molecule has 0 heterocycles. The Hall–Kier alpha value is -0.980. The minimum atomic E-state index is 1.23. The first-order valence-electron chi connectivity index (χ1n) is 15.0. The zero-order valence-corrected chi connectivity index (χ0v) is 23.2. The topological polar surface area (TPSA) is 3.24 Å². The lowest BCUT2D eigenvalue weighted by Gasteiger charge is -2.27. The second-order valence-electron chi connectivity index (χ2n) is 10.6. The van der Waals surface area contributed by atoms with Crippen LogP contribution in [0.4, 0.5) is 5.69 Å². The van der Waals surface area contributed by atoms with Crippen LogP contribution in [0.3, 0.4) is 0 Å². The first kappa shape index (κ1) is 30.1. The fourth-order valence-corrected chi connectivity index (χ4v) is 5.01. The van der Waals surface area contributed by atoms with E-state index >= 15 is 0 Å². The molecule has 0 aliphatic carbocycles. The second-order valence-corrected chi connectivity index (χ2v) is 10.6. The van der Waals surface area contributed by atoms with Gasteiger partial charge in [-0.05, 0) is 43.9 Å². The molecular weight excluding hydrogens is 398 g/mol. The summed E-state index contributed by atoms with van der Waals surface area (Å²) in [5, 5.41) is 0. The van der Waals surface area contributed by atoms with Crippen molar-refractivity contribution in [2.75, 3.05) is 18.0 Å². The zero-order chi connectivity index (χ0) is 24.0. The average Bonchev–Trinajstić information content (AvgIpc) is 2.82. The summed E-state index contributed by atoms with van der Waals surface area (Å²) in [7, 11) is 0. The molecule has 33 heavy (non-hydrogen) atoms. The zero-order valence-electron chi connectivity index (χ0n) is 23.2. The summed E-state index contributed by atoms with van der Waals surface area (Å²) < 4.78 is 0. The van der Waals surface area contributed by atoms with Gasteiger partial charge in [-0.25, -0.2) is 0 Å². The number of unbranched alkanes of at least 4 members (excludes halogenated alkanes) is 18. The van der Waals surface area contributed by atoms with Crippen molar-refractivity contribution in [1.29, 1.82) is 0 Å². The maximum Gasteiger partial charge on any atom is 0.0398 e. The molecule has 0 bridgehead atoms. The van der Waals surface area contributed by atoms with Crippen molar-refractivity contribution in [3.8, 4) is 0 Å². The molecule has 0 radical (unpaired) electrons. The average molecular weight is 458 g/mol. The Balaban J connectivity index is 2.26. The van der Waals surface area contributed by atoms with Gasteiger partial charge in [0.05, 0.1) is 0 Å². The Kier molecular flexibility index (Phi) is 19.6. The van der Waals surface area contributed by atoms with E-state index in [1.165, 1.54) is 158 Å². The van der Waals surface area contributed by atoms with Gasteiger partial charge in [-0.15, -0.1) is 0 Å². The van der Waals surface area contributed by atoms with E-state index in [0.717, 1.165) is 0 Å². The van der Waals surface area contributed by atoms with Crippen molar-refractivity contribution in [2.24, 2.45) is 0 Å². The Morgan fingerprint density at radius 1 is 0.485 bits per heavy atom. The van der Waals surface area contributed by atoms with Crippen molar-refractivity contribution >= 4 is 5.69 Å². The molecule has 1 heteroatoms. The van der Waals surface area contributed by atoms with Crippen LogP contribution in [-0.4, -0.2) is 13.1 Å². The van der Waals surface area contributed by atoms with Gasteiger partial charge in [0.15, 0.2) is 0 Å². The van der Waals surface area contributed by atoms with Crippen LogP contribution in [0.1, 0.15) is 153 Å². The molecule has 0 fully saturated rings. The normalized spacial score (nSPS) is 11.3. The van der Waals surface area contributed by atoms with Gasteiger partial charge in [0.2, 0.25) is 0 Å². The van der Waals surface area contributed by atoms with Gasteiger partial charge >= 0.3 is 0 Å². The summed E-state index contributed by atoms with van der Waals surface area (Å²) in [6.07, 6.45) is 28.4. The molecular formula is C32H59N. The lowest BCUT2D eigenvalue weighted by Crippen LogP contribution is -2.26. The number of benzene rings is 1. The monoisotopic (exact) mass is 457 g/mol. The van der Waals surface area contributed by atoms with Crippen LogP contribution < -0.4 is 4.90 Å². The summed E-state index contributed by atoms with van der Waals surface area (Å²) in [4.78, 5) is 2.71. The Labute approximate surface area is 209 Å². The third kappa shape index (κ3) is 15.5. The van der Waals surface area contributed by atoms with Gasteiger partial charge in [-0.3, -0.25) is 0 Å². The summed E-state index contributed by atoms with van der Waals surface area (Å²) in [6, 6.07) is 6.87. The molecule has 1 aromatic carbocycles. The van der Waals surface area contributed by atoms with Gasteiger partial charge in [-0.2, -0.15) is 0 Å². The van der Waals surface area contributed by atoms with E-state index in [1.54, 1.807) is 0 Å². The highest BCUT2D eigenvalue weighted by molar-refractivity contribution is 5.55. The van der Waals surface area contributed by atoms with E-state index in [9.17, 15) is 0 Å². The van der Waals surface area contributed by atoms with E-state index in [1.807, 2.05) is 0 Å². The minimum absolute atomic E-state index is 1.23. The van der Waals surface area contributed by atoms with Crippen molar-refractivity contribution in [3.05, 3.63) is 29.3 Å². The Morgan fingerprint density at radius 2 is 0.848 bits per heavy atom. The van der Waals surface area contributed by atoms with Crippen molar-refractivity contribution in [2.45, 2.75) is 156 Å². The molecule has 0 saturated heterocycles. The summed E-state index contributed by atoms with van der Waals surface area (Å²) >= 11 is 0. The van der Waals surface area contributed by atoms with Crippen molar-refractivity contribution in [1.82, 2.24) is 0 Å². The van der Waals surface area contributed by atoms with Gasteiger partial charge in [0.25, 0.3) is 0 Å². The number of aryl methyl sites for hydroxylation is 1. The smallest absolute Gasteiger partial charge is 0.0398 e. The molecule has 0 aliphatic rings. The Bertz CT molecular complexity index is 525. The second kappa shape index (κ2) is 21.5. The van der Waals surface area contributed by atoms with Crippen LogP contribution in [0.2, 0.25) is 0 Å². The van der Waals surface area contributed by atoms with Crippen LogP contribution in [0.25, 0.3) is 0 Å². The van der Waals surface area contributed by atoms with Gasteiger partial charge < -0.3 is 4.90 Å². The third-order valence-corrected chi connectivity index (χ3v) is 7.48. The van der Waals surface area contributed by atoms with Gasteiger partial charge in [0, 0.05) is 18.8 Å². The van der Waals surface area contributed by atoms with Crippen LogP contribution >= 0.6 is 0 Å². The van der Waals surface area contributed by atoms with Gasteiger partial charge in [-0.1, -0.05) is 142 Å². The highest BCUT2D eigenvalue weighted by Gasteiger charge is 2.10. The predicted molar refractivity (Wildman–Crippen MR) is 152 cm³/mol. The maximum absolute atomic E-state index is 2.71. The van der Waals surface area contributed by atoms with E-state index in [-0.39, 0.29) is 0 Å². The number of anilines is 1. The molecule has 192 valence electrons. The first-order valence-corrected chi connectivity index (χ1v) is 15.0.